The number of nitrogens with zero attached hydrogens (tertiary/aromatic N) is 2. The normalized spacial score (nSPS) is 10.5. The number of aromatic nitrogens is 2. The zero-order valence-electron chi connectivity index (χ0n) is 14.5. The first-order valence-electron chi connectivity index (χ1n) is 8.33. The predicted octanol–water partition coefficient (Wildman–Crippen LogP) is 4.16. The summed E-state index contributed by atoms with van der Waals surface area (Å²) in [6.07, 6.45) is 2.72. The number of nitrogens with one attached hydrogen (secondary N) is 1. The van der Waals surface area contributed by atoms with Crippen LogP contribution in [0.2, 0.25) is 5.02 Å². The minimum atomic E-state index is -0.0540. The molecule has 0 aliphatic carbocycles. The molecule has 0 fully saturated rings. The summed E-state index contributed by atoms with van der Waals surface area (Å²) in [5.41, 5.74) is 2.04. The number of benzene rings is 2. The third-order valence-corrected chi connectivity index (χ3v) is 4.43. The molecule has 0 radical (unpaired) electrons. The Bertz CT molecular complexity index is 875. The summed E-state index contributed by atoms with van der Waals surface area (Å²) < 4.78 is 6.87. The molecule has 3 aromatic rings. The molecule has 1 heterocycles. The summed E-state index contributed by atoms with van der Waals surface area (Å²) in [5, 5.41) is 7.87. The average molecular weight is 370 g/mol. The first-order chi connectivity index (χ1) is 12.7. The molecule has 0 aliphatic heterocycles. The van der Waals surface area contributed by atoms with E-state index in [1.165, 1.54) is 0 Å². The van der Waals surface area contributed by atoms with Crippen LogP contribution in [0.1, 0.15) is 17.5 Å². The number of carbonyl (C=O) groups excluding carboxylic acids is 1. The van der Waals surface area contributed by atoms with Gasteiger partial charge in [-0.25, -0.2) is 4.68 Å². The fourth-order valence-corrected chi connectivity index (χ4v) is 2.80. The third-order valence-electron chi connectivity index (χ3n) is 4.06. The molecular formula is C20H20ClN3O2. The lowest BCUT2D eigenvalue weighted by molar-refractivity contribution is -0.116. The van der Waals surface area contributed by atoms with E-state index in [1.807, 2.05) is 48.5 Å². The van der Waals surface area contributed by atoms with Crippen LogP contribution in [-0.4, -0.2) is 22.8 Å². The summed E-state index contributed by atoms with van der Waals surface area (Å²) >= 11 is 6.20. The van der Waals surface area contributed by atoms with Gasteiger partial charge in [0.2, 0.25) is 5.91 Å². The minimum absolute atomic E-state index is 0.0540. The summed E-state index contributed by atoms with van der Waals surface area (Å²) in [4.78, 5) is 12.3. The number of anilines is 1. The Morgan fingerprint density at radius 3 is 2.65 bits per heavy atom. The molecule has 0 bridgehead atoms. The molecule has 0 saturated carbocycles. The maximum Gasteiger partial charge on any atom is 0.225 e. The minimum Gasteiger partial charge on any atom is -0.497 e. The number of aryl methyl sites for hydroxylation is 1. The molecular weight excluding hydrogens is 350 g/mol. The van der Waals surface area contributed by atoms with E-state index in [4.69, 9.17) is 16.3 Å². The Kier molecular flexibility index (Phi) is 5.92. The summed E-state index contributed by atoms with van der Waals surface area (Å²) in [6.45, 7) is 0.501. The van der Waals surface area contributed by atoms with Crippen molar-refractivity contribution in [1.82, 2.24) is 9.78 Å². The van der Waals surface area contributed by atoms with E-state index in [0.29, 0.717) is 30.2 Å². The van der Waals surface area contributed by atoms with Crippen molar-refractivity contribution in [3.8, 4) is 5.75 Å². The Hall–Kier alpha value is -2.79. The molecule has 2 aromatic carbocycles. The summed E-state index contributed by atoms with van der Waals surface area (Å²) in [7, 11) is 1.63. The number of methoxy groups -OCH3 is 1. The van der Waals surface area contributed by atoms with Crippen molar-refractivity contribution in [2.75, 3.05) is 12.4 Å². The molecule has 3 rings (SSSR count). The quantitative estimate of drug-likeness (QED) is 0.680. The van der Waals surface area contributed by atoms with Crippen LogP contribution in [0.3, 0.4) is 0 Å². The van der Waals surface area contributed by atoms with E-state index in [2.05, 4.69) is 10.4 Å². The first-order valence-corrected chi connectivity index (χ1v) is 8.71. The van der Waals surface area contributed by atoms with Gasteiger partial charge in [0, 0.05) is 17.5 Å². The second kappa shape index (κ2) is 8.54. The second-order valence-corrected chi connectivity index (χ2v) is 6.27. The fourth-order valence-electron chi connectivity index (χ4n) is 2.61. The van der Waals surface area contributed by atoms with Gasteiger partial charge in [0.1, 0.15) is 11.6 Å². The van der Waals surface area contributed by atoms with Crippen LogP contribution >= 0.6 is 11.6 Å². The van der Waals surface area contributed by atoms with Crippen molar-refractivity contribution in [3.05, 3.63) is 76.9 Å². The molecule has 0 aliphatic rings. The number of rotatable bonds is 7. The van der Waals surface area contributed by atoms with Crippen LogP contribution in [0.15, 0.2) is 60.8 Å². The van der Waals surface area contributed by atoms with Crippen molar-refractivity contribution in [1.29, 1.82) is 0 Å². The lowest BCUT2D eigenvalue weighted by atomic mass is 10.1. The fraction of sp³-hybridized carbons (Fsp3) is 0.200. The highest BCUT2D eigenvalue weighted by molar-refractivity contribution is 6.31. The molecule has 5 nitrogen and oxygen atoms in total. The molecule has 0 spiro atoms. The first kappa shape index (κ1) is 18.0. The molecule has 0 unspecified atom stereocenters. The van der Waals surface area contributed by atoms with Crippen LogP contribution in [0, 0.1) is 0 Å². The molecule has 134 valence electrons. The average Bonchev–Trinajstić information content (AvgIpc) is 3.09. The molecule has 26 heavy (non-hydrogen) atoms. The zero-order valence-corrected chi connectivity index (χ0v) is 15.2. The smallest absolute Gasteiger partial charge is 0.225 e. The monoisotopic (exact) mass is 369 g/mol. The Morgan fingerprint density at radius 2 is 1.92 bits per heavy atom. The maximum absolute atomic E-state index is 12.3. The van der Waals surface area contributed by atoms with Gasteiger partial charge >= 0.3 is 0 Å². The Morgan fingerprint density at radius 1 is 1.15 bits per heavy atom. The molecule has 0 saturated heterocycles. The van der Waals surface area contributed by atoms with Gasteiger partial charge in [-0.15, -0.1) is 0 Å². The number of amides is 1. The largest absolute Gasteiger partial charge is 0.497 e. The lowest BCUT2D eigenvalue weighted by Crippen LogP contribution is -2.16. The standard InChI is InChI=1S/C20H20ClN3O2/c1-26-17-9-6-15(7-10-17)8-11-20(25)23-19-12-13-22-24(19)14-16-4-2-3-5-18(16)21/h2-7,9-10,12-13H,8,11,14H2,1H3,(H,23,25). The number of carbonyl (C=O) groups is 1. The van der Waals surface area contributed by atoms with Crippen LogP contribution in [0.4, 0.5) is 5.82 Å². The van der Waals surface area contributed by atoms with E-state index in [1.54, 1.807) is 24.1 Å². The third kappa shape index (κ3) is 4.64. The highest BCUT2D eigenvalue weighted by Gasteiger charge is 2.09. The van der Waals surface area contributed by atoms with Crippen LogP contribution in [0.5, 0.6) is 5.75 Å². The van der Waals surface area contributed by atoms with Crippen molar-refractivity contribution < 1.29 is 9.53 Å². The van der Waals surface area contributed by atoms with Gasteiger partial charge in [0.15, 0.2) is 0 Å². The lowest BCUT2D eigenvalue weighted by Gasteiger charge is -2.10. The van der Waals surface area contributed by atoms with E-state index in [9.17, 15) is 4.79 Å². The van der Waals surface area contributed by atoms with Crippen molar-refractivity contribution in [2.24, 2.45) is 0 Å². The number of hydrogen-bond acceptors (Lipinski definition) is 3. The van der Waals surface area contributed by atoms with Crippen molar-refractivity contribution >= 4 is 23.3 Å². The van der Waals surface area contributed by atoms with Crippen LogP contribution in [-0.2, 0) is 17.8 Å². The van der Waals surface area contributed by atoms with Crippen LogP contribution < -0.4 is 10.1 Å². The highest BCUT2D eigenvalue weighted by Crippen LogP contribution is 2.18. The number of halogens is 1. The zero-order chi connectivity index (χ0) is 18.4. The van der Waals surface area contributed by atoms with E-state index < -0.39 is 0 Å². The van der Waals surface area contributed by atoms with E-state index >= 15 is 0 Å². The Balaban J connectivity index is 1.58. The SMILES string of the molecule is COc1ccc(CCC(=O)Nc2ccnn2Cc2ccccc2Cl)cc1. The van der Waals surface area contributed by atoms with Gasteiger partial charge in [-0.1, -0.05) is 41.9 Å². The van der Waals surface area contributed by atoms with Crippen molar-refractivity contribution in [3.63, 3.8) is 0 Å². The molecule has 1 aromatic heterocycles. The number of ether oxygens (including phenoxy) is 1. The van der Waals surface area contributed by atoms with E-state index in [-0.39, 0.29) is 5.91 Å². The van der Waals surface area contributed by atoms with Crippen molar-refractivity contribution in [2.45, 2.75) is 19.4 Å². The van der Waals surface area contributed by atoms with Gasteiger partial charge in [-0.05, 0) is 35.7 Å². The van der Waals surface area contributed by atoms with Gasteiger partial charge < -0.3 is 10.1 Å². The van der Waals surface area contributed by atoms with Gasteiger partial charge in [-0.3, -0.25) is 4.79 Å². The molecule has 0 atom stereocenters. The topological polar surface area (TPSA) is 56.1 Å². The maximum atomic E-state index is 12.3. The van der Waals surface area contributed by atoms with Gasteiger partial charge in [0.25, 0.3) is 0 Å². The summed E-state index contributed by atoms with van der Waals surface area (Å²) in [6, 6.07) is 17.1. The second-order valence-electron chi connectivity index (χ2n) is 5.86. The van der Waals surface area contributed by atoms with Gasteiger partial charge in [0.05, 0.1) is 19.9 Å². The molecule has 1 N–H and O–H groups in total. The van der Waals surface area contributed by atoms with Gasteiger partial charge in [-0.2, -0.15) is 5.10 Å². The molecule has 1 amide bonds. The van der Waals surface area contributed by atoms with Crippen LogP contribution in [0.25, 0.3) is 0 Å². The molecule has 6 heteroatoms. The number of hydrogen-bond donors (Lipinski definition) is 1. The highest BCUT2D eigenvalue weighted by atomic mass is 35.5. The van der Waals surface area contributed by atoms with E-state index in [0.717, 1.165) is 16.9 Å². The Labute approximate surface area is 157 Å². The summed E-state index contributed by atoms with van der Waals surface area (Å²) in [5.74, 6) is 1.41. The predicted molar refractivity (Wildman–Crippen MR) is 103 cm³/mol.